The molecule has 1 saturated carbocycles. The molecule has 150 valence electrons. The normalized spacial score (nSPS) is 39.2. The standard InChI is InChI=1S/C26H30N2O/c1-29-21-10-5-9-19-23(21)28-20(18-7-3-2-4-8-18)17-25-12-6-15-27-16-14-26(19,24(25)27)22(28)11-13-25/h2-5,7-10,20,22,24H,6,11-17H2,1H3/t20-,22+,24+,25+,26+/m0/s1. The molecule has 0 amide bonds. The lowest BCUT2D eigenvalue weighted by Gasteiger charge is -2.56. The van der Waals surface area contributed by atoms with E-state index < -0.39 is 0 Å². The molecule has 5 heterocycles. The van der Waals surface area contributed by atoms with Gasteiger partial charge in [-0.15, -0.1) is 0 Å². The molecule has 0 N–H and O–H groups in total. The van der Waals surface area contributed by atoms with Crippen molar-refractivity contribution in [3.05, 3.63) is 59.7 Å². The Hall–Kier alpha value is -2.00. The molecule has 0 radical (unpaired) electrons. The van der Waals surface area contributed by atoms with Gasteiger partial charge < -0.3 is 9.64 Å². The lowest BCUT2D eigenvalue weighted by molar-refractivity contribution is -0.0252. The number of fused-ring (bicyclic) bond motifs is 3. The predicted octanol–water partition coefficient (Wildman–Crippen LogP) is 4.91. The van der Waals surface area contributed by atoms with Crippen LogP contribution in [0.25, 0.3) is 0 Å². The van der Waals surface area contributed by atoms with Crippen molar-refractivity contribution in [2.24, 2.45) is 5.41 Å². The highest BCUT2D eigenvalue weighted by atomic mass is 16.5. The molecule has 0 aromatic heterocycles. The Kier molecular flexibility index (Phi) is 3.22. The highest BCUT2D eigenvalue weighted by Crippen LogP contribution is 2.71. The fourth-order valence-electron chi connectivity index (χ4n) is 8.62. The number of nitrogens with zero attached hydrogens (tertiary/aromatic N) is 2. The molecular weight excluding hydrogens is 356 g/mol. The van der Waals surface area contributed by atoms with Gasteiger partial charge in [-0.05, 0) is 74.2 Å². The van der Waals surface area contributed by atoms with Crippen molar-refractivity contribution in [3.63, 3.8) is 0 Å². The van der Waals surface area contributed by atoms with E-state index in [0.717, 1.165) is 5.75 Å². The molecule has 2 spiro atoms. The second-order valence-corrected chi connectivity index (χ2v) is 10.1. The topological polar surface area (TPSA) is 15.7 Å². The Morgan fingerprint density at radius 1 is 0.966 bits per heavy atom. The van der Waals surface area contributed by atoms with Crippen LogP contribution in [-0.2, 0) is 5.41 Å². The molecule has 5 atom stereocenters. The van der Waals surface area contributed by atoms with Gasteiger partial charge in [0.25, 0.3) is 0 Å². The van der Waals surface area contributed by atoms with E-state index in [4.69, 9.17) is 4.74 Å². The second kappa shape index (κ2) is 5.57. The number of piperidine rings is 1. The highest BCUT2D eigenvalue weighted by molar-refractivity contribution is 5.75. The van der Waals surface area contributed by atoms with Crippen LogP contribution < -0.4 is 9.64 Å². The minimum atomic E-state index is 0.298. The number of ether oxygens (including phenoxy) is 1. The van der Waals surface area contributed by atoms with E-state index in [-0.39, 0.29) is 0 Å². The summed E-state index contributed by atoms with van der Waals surface area (Å²) in [5.74, 6) is 1.08. The predicted molar refractivity (Wildman–Crippen MR) is 116 cm³/mol. The highest BCUT2D eigenvalue weighted by Gasteiger charge is 2.71. The average Bonchev–Trinajstić information content (AvgIpc) is 3.21. The number of para-hydroxylation sites is 1. The summed E-state index contributed by atoms with van der Waals surface area (Å²) >= 11 is 0. The third-order valence-electron chi connectivity index (χ3n) is 9.31. The van der Waals surface area contributed by atoms with Gasteiger partial charge in [-0.25, -0.2) is 0 Å². The number of methoxy groups -OCH3 is 1. The lowest BCUT2D eigenvalue weighted by atomic mass is 9.52. The molecule has 2 aromatic carbocycles. The van der Waals surface area contributed by atoms with Crippen LogP contribution >= 0.6 is 0 Å². The van der Waals surface area contributed by atoms with E-state index >= 15 is 0 Å². The van der Waals surface area contributed by atoms with Crippen molar-refractivity contribution in [2.75, 3.05) is 25.1 Å². The summed E-state index contributed by atoms with van der Waals surface area (Å²) in [6.45, 7) is 2.58. The van der Waals surface area contributed by atoms with Gasteiger partial charge in [0, 0.05) is 17.5 Å². The van der Waals surface area contributed by atoms with Crippen LogP contribution in [0.2, 0.25) is 0 Å². The van der Waals surface area contributed by atoms with Crippen LogP contribution in [-0.4, -0.2) is 37.2 Å². The van der Waals surface area contributed by atoms with Crippen LogP contribution in [0.5, 0.6) is 5.75 Å². The first-order valence-electron chi connectivity index (χ1n) is 11.5. The van der Waals surface area contributed by atoms with Gasteiger partial charge in [-0.2, -0.15) is 0 Å². The van der Waals surface area contributed by atoms with Crippen LogP contribution in [0, 0.1) is 5.41 Å². The maximum atomic E-state index is 5.98. The van der Waals surface area contributed by atoms with Gasteiger partial charge >= 0.3 is 0 Å². The van der Waals surface area contributed by atoms with Crippen molar-refractivity contribution in [1.29, 1.82) is 0 Å². The van der Waals surface area contributed by atoms with Crippen LogP contribution in [0.4, 0.5) is 5.69 Å². The number of benzene rings is 2. The third-order valence-corrected chi connectivity index (χ3v) is 9.31. The Balaban J connectivity index is 1.54. The molecule has 5 aliphatic heterocycles. The Morgan fingerprint density at radius 3 is 2.72 bits per heavy atom. The zero-order chi connectivity index (χ0) is 19.2. The third kappa shape index (κ3) is 1.85. The second-order valence-electron chi connectivity index (χ2n) is 10.1. The fraction of sp³-hybridized carbons (Fsp3) is 0.538. The minimum Gasteiger partial charge on any atom is -0.495 e. The van der Waals surface area contributed by atoms with Gasteiger partial charge in [-0.3, -0.25) is 4.90 Å². The van der Waals surface area contributed by atoms with Crippen molar-refractivity contribution < 1.29 is 4.74 Å². The molecule has 8 rings (SSSR count). The molecule has 4 bridgehead atoms. The first kappa shape index (κ1) is 16.8. The van der Waals surface area contributed by atoms with E-state index in [1.54, 1.807) is 5.56 Å². The maximum Gasteiger partial charge on any atom is 0.142 e. The van der Waals surface area contributed by atoms with E-state index in [0.29, 0.717) is 29.0 Å². The van der Waals surface area contributed by atoms with Gasteiger partial charge in [0.1, 0.15) is 5.75 Å². The van der Waals surface area contributed by atoms with Crippen LogP contribution in [0.1, 0.15) is 55.7 Å². The zero-order valence-corrected chi connectivity index (χ0v) is 17.3. The summed E-state index contributed by atoms with van der Waals surface area (Å²) < 4.78 is 5.98. The van der Waals surface area contributed by atoms with Crippen molar-refractivity contribution >= 4 is 5.69 Å². The lowest BCUT2D eigenvalue weighted by Crippen LogP contribution is -2.62. The molecule has 29 heavy (non-hydrogen) atoms. The first-order valence-corrected chi connectivity index (χ1v) is 11.5. The summed E-state index contributed by atoms with van der Waals surface area (Å²) in [6, 6.07) is 20.0. The largest absolute Gasteiger partial charge is 0.495 e. The summed E-state index contributed by atoms with van der Waals surface area (Å²) in [4.78, 5) is 5.75. The van der Waals surface area contributed by atoms with Crippen LogP contribution in [0.3, 0.4) is 0 Å². The van der Waals surface area contributed by atoms with E-state index in [2.05, 4.69) is 58.3 Å². The first-order chi connectivity index (χ1) is 14.3. The fourth-order valence-corrected chi connectivity index (χ4v) is 8.62. The SMILES string of the molecule is COc1cccc2c1N1[C@H](c3ccccc3)C[C@]34CCCN5CC[C@]2([C@H]53)[C@H]1CC4. The summed E-state index contributed by atoms with van der Waals surface area (Å²) in [5, 5.41) is 0. The van der Waals surface area contributed by atoms with E-state index in [1.165, 1.54) is 62.9 Å². The Labute approximate surface area is 173 Å². The number of hydrogen-bond acceptors (Lipinski definition) is 3. The zero-order valence-electron chi connectivity index (χ0n) is 17.3. The van der Waals surface area contributed by atoms with E-state index in [1.807, 2.05) is 7.11 Å². The summed E-state index contributed by atoms with van der Waals surface area (Å²) in [6.07, 6.45) is 8.15. The molecule has 3 nitrogen and oxygen atoms in total. The molecule has 0 unspecified atom stereocenters. The molecular formula is C26H30N2O. The van der Waals surface area contributed by atoms with Crippen molar-refractivity contribution in [2.45, 2.75) is 62.1 Å². The molecule has 5 fully saturated rings. The van der Waals surface area contributed by atoms with Crippen LogP contribution in [0.15, 0.2) is 48.5 Å². The van der Waals surface area contributed by atoms with Gasteiger partial charge in [-0.1, -0.05) is 42.5 Å². The molecule has 2 aromatic rings. The van der Waals surface area contributed by atoms with E-state index in [9.17, 15) is 0 Å². The Bertz CT molecular complexity index is 974. The molecule has 4 saturated heterocycles. The summed E-state index contributed by atoms with van der Waals surface area (Å²) in [5.41, 5.74) is 5.27. The smallest absolute Gasteiger partial charge is 0.142 e. The molecule has 6 aliphatic rings. The summed E-state index contributed by atoms with van der Waals surface area (Å²) in [7, 11) is 1.85. The quantitative estimate of drug-likeness (QED) is 0.729. The van der Waals surface area contributed by atoms with Crippen molar-refractivity contribution in [3.8, 4) is 5.75 Å². The monoisotopic (exact) mass is 386 g/mol. The number of hydrogen-bond donors (Lipinski definition) is 0. The van der Waals surface area contributed by atoms with Crippen molar-refractivity contribution in [1.82, 2.24) is 4.90 Å². The van der Waals surface area contributed by atoms with Gasteiger partial charge in [0.2, 0.25) is 0 Å². The Morgan fingerprint density at radius 2 is 1.86 bits per heavy atom. The number of anilines is 1. The van der Waals surface area contributed by atoms with Gasteiger partial charge in [0.05, 0.1) is 18.8 Å². The molecule has 3 heteroatoms. The average molecular weight is 387 g/mol. The molecule has 1 aliphatic carbocycles. The minimum absolute atomic E-state index is 0.298. The van der Waals surface area contributed by atoms with Gasteiger partial charge in [0.15, 0.2) is 0 Å². The maximum absolute atomic E-state index is 5.98. The number of rotatable bonds is 2.